The van der Waals surface area contributed by atoms with Gasteiger partial charge in [-0.3, -0.25) is 9.52 Å². The van der Waals surface area contributed by atoms with Gasteiger partial charge in [-0.15, -0.1) is 0 Å². The topological polar surface area (TPSA) is 79.0 Å². The number of hydrogen-bond donors (Lipinski definition) is 2. The predicted molar refractivity (Wildman–Crippen MR) is 78.8 cm³/mol. The van der Waals surface area contributed by atoms with Gasteiger partial charge in [0.2, 0.25) is 0 Å². The minimum absolute atomic E-state index is 0.0445. The number of rotatable bonds is 5. The van der Waals surface area contributed by atoms with E-state index in [1.807, 2.05) is 0 Å². The SMILES string of the molecule is Cc1[nH]c(=O)sc1S(=O)(=O)Nc1ccccc1SC(F)F. The molecule has 0 amide bonds. The number of benzene rings is 1. The number of nitrogens with one attached hydrogen (secondary N) is 2. The van der Waals surface area contributed by atoms with Crippen LogP contribution in [0.1, 0.15) is 5.69 Å². The Morgan fingerprint density at radius 1 is 1.33 bits per heavy atom. The second kappa shape index (κ2) is 6.16. The summed E-state index contributed by atoms with van der Waals surface area (Å²) < 4.78 is 51.4. The summed E-state index contributed by atoms with van der Waals surface area (Å²) in [5, 5.41) is 0. The summed E-state index contributed by atoms with van der Waals surface area (Å²) >= 11 is 0.788. The van der Waals surface area contributed by atoms with Crippen molar-refractivity contribution in [1.82, 2.24) is 4.98 Å². The molecule has 2 N–H and O–H groups in total. The summed E-state index contributed by atoms with van der Waals surface area (Å²) in [5.74, 6) is -2.67. The van der Waals surface area contributed by atoms with E-state index < -0.39 is 20.7 Å². The van der Waals surface area contributed by atoms with Crippen LogP contribution in [0.5, 0.6) is 0 Å². The number of aromatic nitrogens is 1. The van der Waals surface area contributed by atoms with Gasteiger partial charge in [0.05, 0.1) is 5.69 Å². The highest BCUT2D eigenvalue weighted by atomic mass is 32.2. The minimum Gasteiger partial charge on any atom is -0.315 e. The molecule has 0 aliphatic heterocycles. The third kappa shape index (κ3) is 3.83. The van der Waals surface area contributed by atoms with Crippen LogP contribution in [0.4, 0.5) is 14.5 Å². The summed E-state index contributed by atoms with van der Waals surface area (Å²) in [7, 11) is -4.00. The first-order valence-corrected chi connectivity index (χ1v) is 8.74. The molecule has 2 rings (SSSR count). The summed E-state index contributed by atoms with van der Waals surface area (Å²) in [6.45, 7) is 1.45. The van der Waals surface area contributed by atoms with Crippen LogP contribution < -0.4 is 9.60 Å². The van der Waals surface area contributed by atoms with Gasteiger partial charge in [-0.2, -0.15) is 8.78 Å². The van der Waals surface area contributed by atoms with E-state index in [-0.39, 0.29) is 32.2 Å². The maximum absolute atomic E-state index is 12.5. The highest BCUT2D eigenvalue weighted by Gasteiger charge is 2.22. The molecular weight excluding hydrogens is 342 g/mol. The van der Waals surface area contributed by atoms with Crippen LogP contribution in [0.25, 0.3) is 0 Å². The van der Waals surface area contributed by atoms with Crippen molar-refractivity contribution in [3.05, 3.63) is 39.6 Å². The number of anilines is 1. The lowest BCUT2D eigenvalue weighted by Crippen LogP contribution is -2.13. The van der Waals surface area contributed by atoms with Gasteiger partial charge in [0.15, 0.2) is 4.21 Å². The molecule has 0 saturated heterocycles. The van der Waals surface area contributed by atoms with Crippen molar-refractivity contribution in [2.75, 3.05) is 4.72 Å². The lowest BCUT2D eigenvalue weighted by atomic mass is 10.3. The quantitative estimate of drug-likeness (QED) is 0.811. The fourth-order valence-corrected chi connectivity index (χ4v) is 4.63. The van der Waals surface area contributed by atoms with Crippen molar-refractivity contribution in [3.63, 3.8) is 0 Å². The third-order valence-corrected chi connectivity index (χ3v) is 6.13. The molecule has 1 aromatic heterocycles. The maximum atomic E-state index is 12.5. The molecule has 0 radical (unpaired) electrons. The van der Waals surface area contributed by atoms with Gasteiger partial charge in [0, 0.05) is 10.6 Å². The summed E-state index contributed by atoms with van der Waals surface area (Å²) in [6, 6.07) is 5.83. The minimum atomic E-state index is -4.00. The van der Waals surface area contributed by atoms with E-state index in [1.54, 1.807) is 0 Å². The molecular formula is C11H10F2N2O3S3. The Morgan fingerprint density at radius 2 is 2.00 bits per heavy atom. The van der Waals surface area contributed by atoms with Crippen LogP contribution in [0.15, 0.2) is 38.2 Å². The van der Waals surface area contributed by atoms with Gasteiger partial charge in [0.1, 0.15) is 0 Å². The fourth-order valence-electron chi connectivity index (χ4n) is 1.59. The van der Waals surface area contributed by atoms with E-state index in [4.69, 9.17) is 0 Å². The Labute approximate surface area is 127 Å². The Morgan fingerprint density at radius 3 is 2.57 bits per heavy atom. The summed E-state index contributed by atoms with van der Waals surface area (Å²) in [4.78, 5) is 13.2. The van der Waals surface area contributed by atoms with Crippen molar-refractivity contribution in [1.29, 1.82) is 0 Å². The molecule has 10 heteroatoms. The molecule has 0 unspecified atom stereocenters. The van der Waals surface area contributed by atoms with E-state index in [0.717, 1.165) is 0 Å². The van der Waals surface area contributed by atoms with Crippen molar-refractivity contribution in [2.24, 2.45) is 0 Å². The summed E-state index contributed by atoms with van der Waals surface area (Å²) in [5.41, 5.74) is 0.250. The van der Waals surface area contributed by atoms with Gasteiger partial charge >= 0.3 is 4.87 Å². The molecule has 1 heterocycles. The number of thioether (sulfide) groups is 1. The number of sulfonamides is 1. The number of alkyl halides is 2. The zero-order chi connectivity index (χ0) is 15.6. The molecule has 21 heavy (non-hydrogen) atoms. The zero-order valence-electron chi connectivity index (χ0n) is 10.6. The second-order valence-electron chi connectivity index (χ2n) is 3.91. The normalized spacial score (nSPS) is 11.8. The summed E-state index contributed by atoms with van der Waals surface area (Å²) in [6.07, 6.45) is 0. The molecule has 0 spiro atoms. The number of hydrogen-bond acceptors (Lipinski definition) is 5. The van der Waals surface area contributed by atoms with Gasteiger partial charge in [0.25, 0.3) is 15.8 Å². The van der Waals surface area contributed by atoms with Gasteiger partial charge < -0.3 is 4.98 Å². The first-order valence-electron chi connectivity index (χ1n) is 5.56. The smallest absolute Gasteiger partial charge is 0.306 e. The number of H-pyrrole nitrogens is 1. The average molecular weight is 352 g/mol. The number of thiazole rings is 1. The van der Waals surface area contributed by atoms with Gasteiger partial charge in [-0.25, -0.2) is 8.42 Å². The molecule has 0 atom stereocenters. The molecule has 0 aliphatic rings. The van der Waals surface area contributed by atoms with Crippen molar-refractivity contribution in [3.8, 4) is 0 Å². The van der Waals surface area contributed by atoms with Crippen molar-refractivity contribution < 1.29 is 17.2 Å². The first-order chi connectivity index (χ1) is 9.79. The second-order valence-corrected chi connectivity index (χ2v) is 7.80. The van der Waals surface area contributed by atoms with Crippen LogP contribution in [0, 0.1) is 6.92 Å². The highest BCUT2D eigenvalue weighted by molar-refractivity contribution is 8.00. The van der Waals surface area contributed by atoms with E-state index in [1.165, 1.54) is 31.2 Å². The number of para-hydroxylation sites is 1. The zero-order valence-corrected chi connectivity index (χ0v) is 13.0. The molecule has 114 valence electrons. The molecule has 1 aromatic carbocycles. The monoisotopic (exact) mass is 352 g/mol. The number of halogens is 2. The maximum Gasteiger partial charge on any atom is 0.306 e. The van der Waals surface area contributed by atoms with Crippen molar-refractivity contribution in [2.45, 2.75) is 21.8 Å². The predicted octanol–water partition coefficient (Wildman–Crippen LogP) is 2.86. The third-order valence-electron chi connectivity index (χ3n) is 2.37. The lowest BCUT2D eigenvalue weighted by Gasteiger charge is -2.11. The number of aromatic amines is 1. The highest BCUT2D eigenvalue weighted by Crippen LogP contribution is 2.33. The lowest BCUT2D eigenvalue weighted by molar-refractivity contribution is 0.252. The van der Waals surface area contributed by atoms with E-state index >= 15 is 0 Å². The molecule has 0 aliphatic carbocycles. The Bertz CT molecular complexity index is 799. The van der Waals surface area contributed by atoms with E-state index in [2.05, 4.69) is 9.71 Å². The van der Waals surface area contributed by atoms with Crippen molar-refractivity contribution >= 4 is 38.8 Å². The molecule has 0 bridgehead atoms. The van der Waals surface area contributed by atoms with Gasteiger partial charge in [-0.1, -0.05) is 35.2 Å². The number of aryl methyl sites for hydroxylation is 1. The van der Waals surface area contributed by atoms with Gasteiger partial charge in [-0.05, 0) is 19.1 Å². The Balaban J connectivity index is 2.37. The fraction of sp³-hybridized carbons (Fsp3) is 0.182. The molecule has 0 fully saturated rings. The largest absolute Gasteiger partial charge is 0.315 e. The molecule has 5 nitrogen and oxygen atoms in total. The molecule has 0 saturated carbocycles. The van der Waals surface area contributed by atoms with Crippen LogP contribution in [0.2, 0.25) is 0 Å². The van der Waals surface area contributed by atoms with Crippen LogP contribution in [-0.4, -0.2) is 19.2 Å². The van der Waals surface area contributed by atoms with E-state index in [9.17, 15) is 22.0 Å². The Kier molecular flexibility index (Phi) is 4.69. The van der Waals surface area contributed by atoms with Crippen LogP contribution in [0.3, 0.4) is 0 Å². The van der Waals surface area contributed by atoms with Crippen LogP contribution >= 0.6 is 23.1 Å². The van der Waals surface area contributed by atoms with E-state index in [0.29, 0.717) is 11.3 Å². The average Bonchev–Trinajstić information content (AvgIpc) is 2.71. The standard InChI is InChI=1S/C11H10F2N2O3S3/c1-6-9(20-11(16)14-6)21(17,18)15-7-4-2-3-5-8(7)19-10(12)13/h2-5,10,15H,1H3,(H,14,16). The first kappa shape index (κ1) is 16.0. The van der Waals surface area contributed by atoms with Crippen LogP contribution in [-0.2, 0) is 10.0 Å². The molecule has 2 aromatic rings. The Hall–Kier alpha value is -1.39.